The molecule has 0 saturated carbocycles. The first-order valence-corrected chi connectivity index (χ1v) is 12.7. The third-order valence-corrected chi connectivity index (χ3v) is 7.59. The van der Waals surface area contributed by atoms with Gasteiger partial charge in [-0.25, -0.2) is 14.0 Å². The lowest BCUT2D eigenvalue weighted by atomic mass is 9.95. The molecule has 0 aromatic heterocycles. The summed E-state index contributed by atoms with van der Waals surface area (Å²) >= 11 is 0. The molecule has 0 bridgehead atoms. The number of aliphatic hydroxyl groups is 1. The maximum Gasteiger partial charge on any atom is 0.446 e. The normalized spacial score (nSPS) is 21.8. The van der Waals surface area contributed by atoms with Gasteiger partial charge in [-0.05, 0) is 48.2 Å². The summed E-state index contributed by atoms with van der Waals surface area (Å²) in [5, 5.41) is 11.0. The SMILES string of the molecule is O=CC(F)(F)F.[C-]#[N+]c1c(F)ccc([C@H]2CN3CCN(C[C@H](O)c4ccc5c(c4C)COC5=O)C[C@H]3CO2)c1C. The number of aliphatic hydroxyl groups excluding tert-OH is 1. The number of benzene rings is 2. The average Bonchev–Trinajstić information content (AvgIpc) is 3.30. The Bertz CT molecular complexity index is 1330. The zero-order valence-electron chi connectivity index (χ0n) is 22.0. The highest BCUT2D eigenvalue weighted by Gasteiger charge is 2.36. The van der Waals surface area contributed by atoms with Crippen LogP contribution < -0.4 is 0 Å². The van der Waals surface area contributed by atoms with Crippen LogP contribution in [0, 0.1) is 26.2 Å². The molecule has 2 aromatic rings. The van der Waals surface area contributed by atoms with Crippen LogP contribution in [0.3, 0.4) is 0 Å². The lowest BCUT2D eigenvalue weighted by Crippen LogP contribution is -2.58. The molecule has 3 aliphatic rings. The van der Waals surface area contributed by atoms with Crippen LogP contribution in [0.25, 0.3) is 4.85 Å². The van der Waals surface area contributed by atoms with Gasteiger partial charge >= 0.3 is 12.1 Å². The van der Waals surface area contributed by atoms with Crippen LogP contribution in [0.5, 0.6) is 0 Å². The zero-order valence-corrected chi connectivity index (χ0v) is 22.0. The highest BCUT2D eigenvalue weighted by molar-refractivity contribution is 5.93. The first-order chi connectivity index (χ1) is 18.9. The van der Waals surface area contributed by atoms with E-state index in [-0.39, 0.29) is 30.4 Å². The van der Waals surface area contributed by atoms with Crippen molar-refractivity contribution in [2.45, 2.75) is 44.9 Å². The molecule has 5 rings (SSSR count). The Morgan fingerprint density at radius 2 is 1.90 bits per heavy atom. The summed E-state index contributed by atoms with van der Waals surface area (Å²) in [7, 11) is 0. The molecule has 0 aliphatic carbocycles. The molecule has 40 heavy (non-hydrogen) atoms. The molecule has 214 valence electrons. The van der Waals surface area contributed by atoms with Crippen molar-refractivity contribution in [3.8, 4) is 0 Å². The van der Waals surface area contributed by atoms with Crippen molar-refractivity contribution in [3.63, 3.8) is 0 Å². The number of nitrogens with zero attached hydrogens (tertiary/aromatic N) is 3. The van der Waals surface area contributed by atoms with Crippen LogP contribution in [0.2, 0.25) is 0 Å². The van der Waals surface area contributed by atoms with Gasteiger partial charge in [0.2, 0.25) is 12.0 Å². The number of halogens is 4. The van der Waals surface area contributed by atoms with E-state index in [9.17, 15) is 27.5 Å². The summed E-state index contributed by atoms with van der Waals surface area (Å²) in [4.78, 5) is 28.5. The number of β-amino-alcohol motifs (C(OH)–C–C–N with tert-alkyl or cyclic N) is 1. The minimum Gasteiger partial charge on any atom is -0.457 e. The van der Waals surface area contributed by atoms with Gasteiger partial charge in [0.1, 0.15) is 12.4 Å². The summed E-state index contributed by atoms with van der Waals surface area (Å²) in [6, 6.07) is 6.88. The van der Waals surface area contributed by atoms with Crippen LogP contribution >= 0.6 is 0 Å². The minimum absolute atomic E-state index is 0.0693. The number of hydrogen-bond acceptors (Lipinski definition) is 7. The Hall–Kier alpha value is -3.37. The zero-order chi connectivity index (χ0) is 29.2. The number of cyclic esters (lactones) is 1. The van der Waals surface area contributed by atoms with Crippen LogP contribution in [0.1, 0.15) is 50.4 Å². The predicted molar refractivity (Wildman–Crippen MR) is 135 cm³/mol. The summed E-state index contributed by atoms with van der Waals surface area (Å²) in [6.07, 6.45) is -6.54. The Morgan fingerprint density at radius 1 is 1.18 bits per heavy atom. The number of rotatable bonds is 4. The smallest absolute Gasteiger partial charge is 0.446 e. The molecule has 0 amide bonds. The van der Waals surface area contributed by atoms with Crippen molar-refractivity contribution in [2.75, 3.05) is 39.3 Å². The van der Waals surface area contributed by atoms with Crippen molar-refractivity contribution in [1.29, 1.82) is 0 Å². The van der Waals surface area contributed by atoms with Crippen LogP contribution in [0.4, 0.5) is 23.2 Å². The van der Waals surface area contributed by atoms with Gasteiger partial charge in [0.05, 0.1) is 31.0 Å². The van der Waals surface area contributed by atoms with Crippen LogP contribution in [0.15, 0.2) is 24.3 Å². The number of ether oxygens (including phenoxy) is 2. The van der Waals surface area contributed by atoms with E-state index in [0.29, 0.717) is 30.8 Å². The first kappa shape index (κ1) is 29.6. The molecule has 2 fully saturated rings. The largest absolute Gasteiger partial charge is 0.457 e. The van der Waals surface area contributed by atoms with Gasteiger partial charge in [-0.3, -0.25) is 14.6 Å². The molecule has 3 aliphatic heterocycles. The fourth-order valence-electron chi connectivity index (χ4n) is 5.44. The third kappa shape index (κ3) is 6.33. The fraction of sp³-hybridized carbons (Fsp3) is 0.464. The quantitative estimate of drug-likeness (QED) is 0.258. The number of piperazine rings is 1. The summed E-state index contributed by atoms with van der Waals surface area (Å²) in [5.41, 5.74) is 4.81. The molecule has 1 N–H and O–H groups in total. The molecule has 0 spiro atoms. The Balaban J connectivity index is 0.000000557. The Kier molecular flexibility index (Phi) is 8.90. The molecule has 3 heterocycles. The number of carbonyl (C=O) groups is 2. The maximum absolute atomic E-state index is 13.9. The molecule has 2 saturated heterocycles. The first-order valence-electron chi connectivity index (χ1n) is 12.7. The number of carbonyl (C=O) groups excluding carboxylic acids is 2. The van der Waals surface area contributed by atoms with Crippen molar-refractivity contribution >= 4 is 17.9 Å². The molecule has 8 nitrogen and oxygen atoms in total. The highest BCUT2D eigenvalue weighted by Crippen LogP contribution is 2.35. The van der Waals surface area contributed by atoms with E-state index in [1.54, 1.807) is 19.1 Å². The number of alkyl halides is 3. The molecule has 12 heteroatoms. The van der Waals surface area contributed by atoms with E-state index in [1.807, 2.05) is 13.0 Å². The highest BCUT2D eigenvalue weighted by atomic mass is 19.4. The second-order valence-electron chi connectivity index (χ2n) is 10.0. The number of aldehydes is 1. The van der Waals surface area contributed by atoms with Gasteiger partial charge in [-0.15, -0.1) is 0 Å². The van der Waals surface area contributed by atoms with E-state index < -0.39 is 24.4 Å². The predicted octanol–water partition coefficient (Wildman–Crippen LogP) is 4.20. The molecular formula is C28H29F4N3O5. The molecule has 2 aromatic carbocycles. The van der Waals surface area contributed by atoms with Gasteiger partial charge in [-0.1, -0.05) is 12.1 Å². The van der Waals surface area contributed by atoms with E-state index in [2.05, 4.69) is 14.6 Å². The molecule has 0 radical (unpaired) electrons. The van der Waals surface area contributed by atoms with E-state index in [4.69, 9.17) is 20.8 Å². The third-order valence-electron chi connectivity index (χ3n) is 7.59. The fourth-order valence-corrected chi connectivity index (χ4v) is 5.44. The van der Waals surface area contributed by atoms with Crippen molar-refractivity contribution in [3.05, 3.63) is 74.9 Å². The van der Waals surface area contributed by atoms with Crippen molar-refractivity contribution in [2.24, 2.45) is 0 Å². The molecular weight excluding hydrogens is 534 g/mol. The lowest BCUT2D eigenvalue weighted by Gasteiger charge is -2.46. The minimum atomic E-state index is -4.64. The molecule has 3 atom stereocenters. The number of hydrogen-bond donors (Lipinski definition) is 1. The van der Waals surface area contributed by atoms with Crippen LogP contribution in [-0.4, -0.2) is 78.7 Å². The van der Waals surface area contributed by atoms with Crippen molar-refractivity contribution in [1.82, 2.24) is 9.80 Å². The van der Waals surface area contributed by atoms with E-state index in [0.717, 1.165) is 41.9 Å². The summed E-state index contributed by atoms with van der Waals surface area (Å²) < 4.78 is 56.5. The topological polar surface area (TPSA) is 83.7 Å². The number of fused-ring (bicyclic) bond motifs is 2. The second-order valence-corrected chi connectivity index (χ2v) is 10.0. The lowest BCUT2D eigenvalue weighted by molar-refractivity contribution is -0.156. The summed E-state index contributed by atoms with van der Waals surface area (Å²) in [6.45, 7) is 15.4. The number of morpholine rings is 1. The standard InChI is InChI=1S/C26H28FN3O4.C2HF3O/c1-15-18(4-5-20-21(15)14-34-26(20)32)23(31)11-29-8-9-30-12-24(33-13-17(30)10-29)19-6-7-22(27)25(28-3)16(19)2;3-2(4,5)1-6/h4-7,17,23-24,31H,8-14H2,1-2H3;1H/t17-,23-,24+;/m0./s1. The van der Waals surface area contributed by atoms with E-state index in [1.165, 1.54) is 6.07 Å². The Morgan fingerprint density at radius 3 is 2.58 bits per heavy atom. The average molecular weight is 564 g/mol. The second kappa shape index (κ2) is 12.0. The maximum atomic E-state index is 13.9. The molecule has 0 unspecified atom stereocenters. The Labute approximate surface area is 228 Å². The number of esters is 1. The van der Waals surface area contributed by atoms with Gasteiger partial charge in [-0.2, -0.15) is 13.2 Å². The monoisotopic (exact) mass is 563 g/mol. The van der Waals surface area contributed by atoms with Gasteiger partial charge in [0.25, 0.3) is 0 Å². The van der Waals surface area contributed by atoms with Gasteiger partial charge in [0.15, 0.2) is 0 Å². The van der Waals surface area contributed by atoms with Crippen molar-refractivity contribution < 1.29 is 41.7 Å². The van der Waals surface area contributed by atoms with Crippen LogP contribution in [-0.2, 0) is 20.9 Å². The van der Waals surface area contributed by atoms with E-state index >= 15 is 0 Å². The van der Waals surface area contributed by atoms with Gasteiger partial charge in [0, 0.05) is 44.3 Å². The van der Waals surface area contributed by atoms with Gasteiger partial charge < -0.3 is 14.6 Å². The summed E-state index contributed by atoms with van der Waals surface area (Å²) in [5.74, 6) is -0.790.